The first kappa shape index (κ1) is 7.38. The van der Waals surface area contributed by atoms with Crippen LogP contribution in [0.3, 0.4) is 0 Å². The van der Waals surface area contributed by atoms with Gasteiger partial charge < -0.3 is 5.32 Å². The monoisotopic (exact) mass is 138 g/mol. The Balaban J connectivity index is 3.57. The average Bonchev–Trinajstić information content (AvgIpc) is 1.59. The molecule has 0 aromatic rings. The predicted octanol–water partition coefficient (Wildman–Crippen LogP) is -1.51. The van der Waals surface area contributed by atoms with Gasteiger partial charge in [0.1, 0.15) is 5.88 Å². The summed E-state index contributed by atoms with van der Waals surface area (Å²) in [5.74, 6) is -0.781. The molecule has 0 bridgehead atoms. The second-order valence-corrected chi connectivity index (χ2v) is 2.46. The molecule has 0 saturated carbocycles. The average molecular weight is 138 g/mol. The molecule has 0 aliphatic heterocycles. The molecule has 0 heterocycles. The Hall–Kier alpha value is -0.620. The van der Waals surface area contributed by atoms with Gasteiger partial charge in [-0.1, -0.05) is 0 Å². The Kier molecular flexibility index (Phi) is 2.43. The molecular formula is C2H4NO4S. The molecule has 2 N–H and O–H groups in total. The first-order valence-corrected chi connectivity index (χ1v) is 3.22. The van der Waals surface area contributed by atoms with Crippen LogP contribution < -0.4 is 5.32 Å². The molecule has 0 aliphatic carbocycles. The van der Waals surface area contributed by atoms with Gasteiger partial charge in [0, 0.05) is 0 Å². The van der Waals surface area contributed by atoms with Crippen LogP contribution in [0.25, 0.3) is 0 Å². The summed E-state index contributed by atoms with van der Waals surface area (Å²) < 4.78 is 27.3. The zero-order chi connectivity index (χ0) is 6.62. The molecule has 6 heteroatoms. The van der Waals surface area contributed by atoms with E-state index in [4.69, 9.17) is 4.55 Å². The van der Waals surface area contributed by atoms with Gasteiger partial charge in [0.25, 0.3) is 10.1 Å². The van der Waals surface area contributed by atoms with Crippen molar-refractivity contribution in [1.82, 2.24) is 5.32 Å². The summed E-state index contributed by atoms with van der Waals surface area (Å²) >= 11 is 0. The van der Waals surface area contributed by atoms with E-state index in [1.165, 1.54) is 0 Å². The molecule has 0 unspecified atom stereocenters. The summed E-state index contributed by atoms with van der Waals surface area (Å²) in [5, 5.41) is 1.64. The molecule has 0 aromatic carbocycles. The van der Waals surface area contributed by atoms with Crippen LogP contribution in [0.15, 0.2) is 0 Å². The Morgan fingerprint density at radius 2 is 2.12 bits per heavy atom. The van der Waals surface area contributed by atoms with Crippen molar-refractivity contribution in [2.24, 2.45) is 0 Å². The fourth-order valence-electron chi connectivity index (χ4n) is 0.121. The van der Waals surface area contributed by atoms with Crippen LogP contribution in [0, 0.1) is 0 Å². The summed E-state index contributed by atoms with van der Waals surface area (Å²) in [6, 6.07) is 0. The van der Waals surface area contributed by atoms with Crippen molar-refractivity contribution >= 4 is 16.5 Å². The zero-order valence-electron chi connectivity index (χ0n) is 3.79. The minimum atomic E-state index is -4.06. The molecule has 0 aliphatic rings. The quantitative estimate of drug-likeness (QED) is 0.367. The minimum Gasteiger partial charge on any atom is -0.332 e. The molecule has 1 amide bonds. The van der Waals surface area contributed by atoms with E-state index in [9.17, 15) is 13.2 Å². The molecule has 47 valence electrons. The molecule has 0 atom stereocenters. The van der Waals surface area contributed by atoms with E-state index in [0.29, 0.717) is 0 Å². The number of carbonyl (C=O) groups excluding carboxylic acids is 1. The lowest BCUT2D eigenvalue weighted by Gasteiger charge is -1.88. The van der Waals surface area contributed by atoms with E-state index < -0.39 is 16.0 Å². The number of hydrogen-bond donors (Lipinski definition) is 2. The highest BCUT2D eigenvalue weighted by Crippen LogP contribution is 1.72. The SMILES string of the molecule is O=[C]NCS(=O)(=O)O. The van der Waals surface area contributed by atoms with Crippen molar-refractivity contribution in [2.45, 2.75) is 0 Å². The maximum Gasteiger partial charge on any atom is 0.310 e. The van der Waals surface area contributed by atoms with Gasteiger partial charge in [0.2, 0.25) is 0 Å². The molecule has 5 nitrogen and oxygen atoms in total. The first-order valence-electron chi connectivity index (χ1n) is 1.61. The van der Waals surface area contributed by atoms with E-state index in [1.807, 2.05) is 0 Å². The molecule has 0 saturated heterocycles. The molecule has 0 fully saturated rings. The van der Waals surface area contributed by atoms with Crippen molar-refractivity contribution < 1.29 is 17.8 Å². The molecular weight excluding hydrogens is 134 g/mol. The van der Waals surface area contributed by atoms with Gasteiger partial charge >= 0.3 is 6.41 Å². The highest BCUT2D eigenvalue weighted by Gasteiger charge is 1.99. The molecule has 0 rings (SSSR count). The van der Waals surface area contributed by atoms with E-state index in [0.717, 1.165) is 6.41 Å². The second-order valence-electron chi connectivity index (χ2n) is 1.01. The Bertz CT molecular complexity index is 159. The fraction of sp³-hybridized carbons (Fsp3) is 0.500. The maximum absolute atomic E-state index is 9.70. The van der Waals surface area contributed by atoms with Crippen LogP contribution in [0.5, 0.6) is 0 Å². The van der Waals surface area contributed by atoms with Gasteiger partial charge in [0.15, 0.2) is 0 Å². The highest BCUT2D eigenvalue weighted by atomic mass is 32.2. The standard InChI is InChI=1S/C2H4NO4S/c4-1-3-2-8(5,6)7/h2H2,(H,3,4)(H,5,6,7). The summed E-state index contributed by atoms with van der Waals surface area (Å²) in [6.07, 6.45) is 1.09. The lowest BCUT2D eigenvalue weighted by atomic mass is 11.2. The number of rotatable bonds is 3. The molecule has 1 radical (unpaired) electrons. The Morgan fingerprint density at radius 1 is 1.62 bits per heavy atom. The summed E-state index contributed by atoms with van der Waals surface area (Å²) in [4.78, 5) is 9.24. The fourth-order valence-corrected chi connectivity index (χ4v) is 0.362. The minimum absolute atomic E-state index is 0.781. The topological polar surface area (TPSA) is 83.5 Å². The van der Waals surface area contributed by atoms with E-state index >= 15 is 0 Å². The van der Waals surface area contributed by atoms with Gasteiger partial charge in [-0.25, -0.2) is 0 Å². The predicted molar refractivity (Wildman–Crippen MR) is 25.2 cm³/mol. The second kappa shape index (κ2) is 2.63. The van der Waals surface area contributed by atoms with E-state index in [1.54, 1.807) is 5.32 Å². The van der Waals surface area contributed by atoms with Gasteiger partial charge in [-0.3, -0.25) is 9.35 Å². The van der Waals surface area contributed by atoms with Gasteiger partial charge in [0.05, 0.1) is 0 Å². The Morgan fingerprint density at radius 3 is 2.25 bits per heavy atom. The largest absolute Gasteiger partial charge is 0.332 e. The third kappa shape index (κ3) is 5.38. The van der Waals surface area contributed by atoms with Gasteiger partial charge in [-0.05, 0) is 0 Å². The van der Waals surface area contributed by atoms with E-state index in [2.05, 4.69) is 0 Å². The highest BCUT2D eigenvalue weighted by molar-refractivity contribution is 7.85. The van der Waals surface area contributed by atoms with Crippen molar-refractivity contribution in [3.8, 4) is 0 Å². The Labute approximate surface area is 46.4 Å². The van der Waals surface area contributed by atoms with Crippen LogP contribution in [0.1, 0.15) is 0 Å². The van der Waals surface area contributed by atoms with Crippen molar-refractivity contribution in [2.75, 3.05) is 5.88 Å². The van der Waals surface area contributed by atoms with Crippen LogP contribution >= 0.6 is 0 Å². The number of nitrogens with one attached hydrogen (secondary N) is 1. The summed E-state index contributed by atoms with van der Waals surface area (Å²) in [6.45, 7) is 0. The van der Waals surface area contributed by atoms with Crippen molar-refractivity contribution in [3.05, 3.63) is 0 Å². The zero-order valence-corrected chi connectivity index (χ0v) is 4.60. The molecule has 8 heavy (non-hydrogen) atoms. The lowest BCUT2D eigenvalue weighted by Crippen LogP contribution is -2.20. The van der Waals surface area contributed by atoms with Crippen LogP contribution in [-0.2, 0) is 14.9 Å². The van der Waals surface area contributed by atoms with Crippen molar-refractivity contribution in [1.29, 1.82) is 0 Å². The van der Waals surface area contributed by atoms with E-state index in [-0.39, 0.29) is 0 Å². The third-order valence-electron chi connectivity index (χ3n) is 0.327. The van der Waals surface area contributed by atoms with Gasteiger partial charge in [-0.2, -0.15) is 8.42 Å². The summed E-state index contributed by atoms with van der Waals surface area (Å²) in [5.41, 5.74) is 0. The van der Waals surface area contributed by atoms with Crippen molar-refractivity contribution in [3.63, 3.8) is 0 Å². The summed E-state index contributed by atoms with van der Waals surface area (Å²) in [7, 11) is -4.06. The van der Waals surface area contributed by atoms with Crippen LogP contribution in [0.4, 0.5) is 0 Å². The van der Waals surface area contributed by atoms with Gasteiger partial charge in [-0.15, -0.1) is 0 Å². The normalized spacial score (nSPS) is 10.6. The molecule has 0 spiro atoms. The van der Waals surface area contributed by atoms with Crippen LogP contribution in [0.2, 0.25) is 0 Å². The van der Waals surface area contributed by atoms with Crippen LogP contribution in [-0.4, -0.2) is 25.3 Å². The smallest absolute Gasteiger partial charge is 0.310 e. The first-order chi connectivity index (χ1) is 3.56. The molecule has 0 aromatic heterocycles. The number of hydrogen-bond acceptors (Lipinski definition) is 3. The number of amides is 1. The maximum atomic E-state index is 9.70. The third-order valence-corrected chi connectivity index (χ3v) is 0.836. The lowest BCUT2D eigenvalue weighted by molar-refractivity contribution is 0.478.